The Kier molecular flexibility index (Phi) is 5.41. The molecular formula is C4H9OPtSi. The van der Waals surface area contributed by atoms with Crippen molar-refractivity contribution in [3.8, 4) is 0 Å². The molecule has 0 rings (SSSR count). The van der Waals surface area contributed by atoms with E-state index < -0.39 is 8.32 Å². The van der Waals surface area contributed by atoms with Gasteiger partial charge < -0.3 is 0 Å². The van der Waals surface area contributed by atoms with Gasteiger partial charge in [-0.15, -0.1) is 6.58 Å². The van der Waals surface area contributed by atoms with Crippen molar-refractivity contribution < 1.29 is 25.9 Å². The van der Waals surface area contributed by atoms with Crippen LogP contribution in [0.3, 0.4) is 0 Å². The molecule has 45 valence electrons. The van der Waals surface area contributed by atoms with E-state index in [2.05, 4.69) is 6.58 Å². The zero-order valence-electron chi connectivity index (χ0n) is 4.51. The Labute approximate surface area is 59.8 Å². The summed E-state index contributed by atoms with van der Waals surface area (Å²) in [5.74, 6) is 0. The first-order valence-electron chi connectivity index (χ1n) is 1.90. The van der Waals surface area contributed by atoms with Crippen LogP contribution in [0.5, 0.6) is 0 Å². The predicted octanol–water partition coefficient (Wildman–Crippen LogP) is 1.34. The van der Waals surface area contributed by atoms with Gasteiger partial charge in [-0.25, -0.2) is 0 Å². The standard InChI is InChI=1S/C4H9OSi.Pt/c1-4-6(2,3)5;/h4H,1H2,2-3H3;. The molecule has 0 aliphatic heterocycles. The molecule has 0 amide bonds. The van der Waals surface area contributed by atoms with Gasteiger partial charge in [0, 0.05) is 21.1 Å². The fourth-order valence-electron chi connectivity index (χ4n) is 0. The molecule has 0 spiro atoms. The van der Waals surface area contributed by atoms with Crippen LogP contribution in [0.4, 0.5) is 0 Å². The summed E-state index contributed by atoms with van der Waals surface area (Å²) in [6, 6.07) is 0. The Bertz CT molecular complexity index is 57.2. The van der Waals surface area contributed by atoms with Gasteiger partial charge in [-0.3, -0.25) is 4.80 Å². The van der Waals surface area contributed by atoms with Crippen molar-refractivity contribution in [1.82, 2.24) is 0 Å². The van der Waals surface area contributed by atoms with Crippen LogP contribution in [0.2, 0.25) is 13.1 Å². The Morgan fingerprint density at radius 2 is 1.71 bits per heavy atom. The third-order valence-corrected chi connectivity index (χ3v) is 1.47. The molecule has 0 aromatic heterocycles. The van der Waals surface area contributed by atoms with Crippen LogP contribution in [-0.2, 0) is 25.9 Å². The van der Waals surface area contributed by atoms with E-state index in [1.165, 1.54) is 5.70 Å². The summed E-state index contributed by atoms with van der Waals surface area (Å²) in [4.78, 5) is 10.5. The first-order chi connectivity index (χ1) is 2.56. The van der Waals surface area contributed by atoms with E-state index in [0.717, 1.165) is 0 Å². The molecule has 1 radical (unpaired) electrons. The maximum Gasteiger partial charge on any atom is 0.254 e. The summed E-state index contributed by atoms with van der Waals surface area (Å²) in [5.41, 5.74) is 1.52. The normalized spacial score (nSPS) is 9.57. The minimum absolute atomic E-state index is 0. The smallest absolute Gasteiger partial charge is 0.254 e. The first kappa shape index (κ1) is 10.6. The predicted molar refractivity (Wildman–Crippen MR) is 28.4 cm³/mol. The number of hydrogen-bond donors (Lipinski definition) is 0. The van der Waals surface area contributed by atoms with Crippen LogP contribution >= 0.6 is 0 Å². The summed E-state index contributed by atoms with van der Waals surface area (Å²) in [5, 5.41) is 0. The van der Waals surface area contributed by atoms with E-state index in [1.54, 1.807) is 13.1 Å². The molecule has 0 fully saturated rings. The molecule has 0 saturated heterocycles. The van der Waals surface area contributed by atoms with Crippen molar-refractivity contribution in [3.63, 3.8) is 0 Å². The SMILES string of the molecule is C=C[Si](C)(C)[O].[Pt]. The molecule has 0 aliphatic rings. The monoisotopic (exact) mass is 296 g/mol. The summed E-state index contributed by atoms with van der Waals surface area (Å²) in [6.45, 7) is 6.80. The fraction of sp³-hybridized carbons (Fsp3) is 0.500. The minimum atomic E-state index is -2.12. The van der Waals surface area contributed by atoms with E-state index >= 15 is 0 Å². The maximum atomic E-state index is 10.5. The summed E-state index contributed by atoms with van der Waals surface area (Å²) in [6.07, 6.45) is 0. The number of hydrogen-bond acceptors (Lipinski definition) is 0. The molecular weight excluding hydrogens is 287 g/mol. The molecule has 0 unspecified atom stereocenters. The summed E-state index contributed by atoms with van der Waals surface area (Å²) >= 11 is 0. The van der Waals surface area contributed by atoms with E-state index in [1.807, 2.05) is 0 Å². The second kappa shape index (κ2) is 3.59. The molecule has 7 heavy (non-hydrogen) atoms. The Morgan fingerprint density at radius 1 is 1.57 bits per heavy atom. The van der Waals surface area contributed by atoms with Crippen LogP contribution in [0, 0.1) is 0 Å². The van der Waals surface area contributed by atoms with Gasteiger partial charge in [-0.1, -0.05) is 5.70 Å². The van der Waals surface area contributed by atoms with Crippen LogP contribution in [-0.4, -0.2) is 8.32 Å². The van der Waals surface area contributed by atoms with Crippen LogP contribution < -0.4 is 0 Å². The summed E-state index contributed by atoms with van der Waals surface area (Å²) < 4.78 is 0. The van der Waals surface area contributed by atoms with E-state index in [4.69, 9.17) is 0 Å². The van der Waals surface area contributed by atoms with Gasteiger partial charge in [0.2, 0.25) is 0 Å². The molecule has 0 aromatic rings. The Balaban J connectivity index is 0. The third-order valence-electron chi connectivity index (χ3n) is 0.492. The van der Waals surface area contributed by atoms with E-state index in [9.17, 15) is 4.80 Å². The van der Waals surface area contributed by atoms with Crippen molar-refractivity contribution in [3.05, 3.63) is 12.3 Å². The van der Waals surface area contributed by atoms with E-state index in [-0.39, 0.29) is 21.1 Å². The second-order valence-electron chi connectivity index (χ2n) is 1.81. The number of rotatable bonds is 1. The maximum absolute atomic E-state index is 10.5. The first-order valence-corrected chi connectivity index (χ1v) is 4.89. The molecule has 0 saturated carbocycles. The van der Waals surface area contributed by atoms with Crippen LogP contribution in [0.15, 0.2) is 12.3 Å². The van der Waals surface area contributed by atoms with Crippen molar-refractivity contribution in [2.45, 2.75) is 13.1 Å². The Hall–Kier alpha value is 0.605. The fourth-order valence-corrected chi connectivity index (χ4v) is 0. The van der Waals surface area contributed by atoms with Crippen molar-refractivity contribution in [2.75, 3.05) is 0 Å². The molecule has 0 aliphatic carbocycles. The second-order valence-corrected chi connectivity index (χ2v) is 5.42. The van der Waals surface area contributed by atoms with Gasteiger partial charge in [-0.05, 0) is 13.1 Å². The van der Waals surface area contributed by atoms with Gasteiger partial charge in [0.25, 0.3) is 8.32 Å². The van der Waals surface area contributed by atoms with Gasteiger partial charge in [0.05, 0.1) is 0 Å². The zero-order valence-corrected chi connectivity index (χ0v) is 7.78. The van der Waals surface area contributed by atoms with Crippen molar-refractivity contribution in [1.29, 1.82) is 0 Å². The molecule has 0 atom stereocenters. The quantitative estimate of drug-likeness (QED) is 0.651. The van der Waals surface area contributed by atoms with Gasteiger partial charge in [0.1, 0.15) is 0 Å². The molecule has 0 bridgehead atoms. The molecule has 3 heteroatoms. The van der Waals surface area contributed by atoms with Gasteiger partial charge in [-0.2, -0.15) is 0 Å². The molecule has 0 N–H and O–H groups in total. The van der Waals surface area contributed by atoms with E-state index in [0.29, 0.717) is 0 Å². The average molecular weight is 296 g/mol. The zero-order chi connectivity index (χ0) is 5.21. The average Bonchev–Trinajstić information content (AvgIpc) is 1.35. The Morgan fingerprint density at radius 3 is 1.71 bits per heavy atom. The minimum Gasteiger partial charge on any atom is -0.293 e. The largest absolute Gasteiger partial charge is 0.293 e. The molecule has 0 aromatic carbocycles. The van der Waals surface area contributed by atoms with Crippen LogP contribution in [0.25, 0.3) is 0 Å². The molecule has 1 nitrogen and oxygen atoms in total. The third kappa shape index (κ3) is 10.8. The van der Waals surface area contributed by atoms with Crippen LogP contribution in [0.1, 0.15) is 0 Å². The van der Waals surface area contributed by atoms with Gasteiger partial charge >= 0.3 is 0 Å². The summed E-state index contributed by atoms with van der Waals surface area (Å²) in [7, 11) is -2.12. The van der Waals surface area contributed by atoms with Crippen molar-refractivity contribution >= 4 is 8.32 Å². The topological polar surface area (TPSA) is 19.9 Å². The molecule has 0 heterocycles. The van der Waals surface area contributed by atoms with Gasteiger partial charge in [0.15, 0.2) is 0 Å². The van der Waals surface area contributed by atoms with Crippen molar-refractivity contribution in [2.24, 2.45) is 0 Å².